The van der Waals surface area contributed by atoms with Gasteiger partial charge in [0.15, 0.2) is 0 Å². The third-order valence-electron chi connectivity index (χ3n) is 1.99. The molecule has 0 fully saturated rings. The van der Waals surface area contributed by atoms with Crippen LogP contribution in [0.15, 0.2) is 16.6 Å². The summed E-state index contributed by atoms with van der Waals surface area (Å²) in [5.41, 5.74) is 0.587. The van der Waals surface area contributed by atoms with Gasteiger partial charge in [0.05, 0.1) is 10.2 Å². The van der Waals surface area contributed by atoms with Crippen LogP contribution in [0.3, 0.4) is 0 Å². The first-order valence-corrected chi connectivity index (χ1v) is 4.70. The zero-order valence-corrected chi connectivity index (χ0v) is 8.84. The molecule has 0 amide bonds. The average molecular weight is 257 g/mol. The number of rotatable bonds is 0. The lowest BCUT2D eigenvalue weighted by atomic mass is 10.1. The monoisotopic (exact) mass is 256 g/mol. The van der Waals surface area contributed by atoms with Gasteiger partial charge in [0.25, 0.3) is 0 Å². The van der Waals surface area contributed by atoms with Crippen molar-refractivity contribution in [3.63, 3.8) is 0 Å². The summed E-state index contributed by atoms with van der Waals surface area (Å²) in [5.74, 6) is -0.570. The smallest absolute Gasteiger partial charge is 0.238 e. The van der Waals surface area contributed by atoms with Crippen molar-refractivity contribution >= 4 is 26.7 Å². The van der Waals surface area contributed by atoms with Gasteiger partial charge in [-0.2, -0.15) is 5.10 Å². The van der Waals surface area contributed by atoms with Crippen LogP contribution in [0, 0.1) is 12.7 Å². The van der Waals surface area contributed by atoms with Gasteiger partial charge < -0.3 is 5.11 Å². The molecule has 1 aromatic heterocycles. The average Bonchev–Trinajstić information content (AvgIpc) is 2.15. The molecule has 2 rings (SSSR count). The van der Waals surface area contributed by atoms with Crippen molar-refractivity contribution in [2.24, 2.45) is 0 Å². The van der Waals surface area contributed by atoms with Crippen LogP contribution in [-0.4, -0.2) is 15.3 Å². The summed E-state index contributed by atoms with van der Waals surface area (Å²) in [7, 11) is 0. The van der Waals surface area contributed by atoms with Gasteiger partial charge >= 0.3 is 0 Å². The maximum Gasteiger partial charge on any atom is 0.238 e. The van der Waals surface area contributed by atoms with Gasteiger partial charge in [0.1, 0.15) is 5.82 Å². The van der Waals surface area contributed by atoms with E-state index in [9.17, 15) is 9.50 Å². The fourth-order valence-electron chi connectivity index (χ4n) is 1.26. The quantitative estimate of drug-likeness (QED) is 0.788. The molecule has 0 aliphatic heterocycles. The zero-order valence-electron chi connectivity index (χ0n) is 7.25. The molecule has 1 heterocycles. The summed E-state index contributed by atoms with van der Waals surface area (Å²) >= 11 is 3.04. The third-order valence-corrected chi connectivity index (χ3v) is 2.59. The number of halogens is 2. The number of aromatic nitrogens is 2. The van der Waals surface area contributed by atoms with Crippen molar-refractivity contribution in [2.45, 2.75) is 6.92 Å². The minimum atomic E-state index is -0.381. The Morgan fingerprint density at radius 3 is 2.71 bits per heavy atom. The SMILES string of the molecule is Cc1nnc(O)c2cc(Br)c(F)cc12. The zero-order chi connectivity index (χ0) is 10.3. The number of fused-ring (bicyclic) bond motifs is 1. The van der Waals surface area contributed by atoms with Crippen molar-refractivity contribution in [3.05, 3.63) is 28.1 Å². The van der Waals surface area contributed by atoms with Crippen molar-refractivity contribution < 1.29 is 9.50 Å². The highest BCUT2D eigenvalue weighted by Gasteiger charge is 2.09. The van der Waals surface area contributed by atoms with Crippen molar-refractivity contribution in [1.29, 1.82) is 0 Å². The van der Waals surface area contributed by atoms with Crippen LogP contribution in [-0.2, 0) is 0 Å². The van der Waals surface area contributed by atoms with Crippen molar-refractivity contribution in [1.82, 2.24) is 10.2 Å². The maximum atomic E-state index is 13.2. The van der Waals surface area contributed by atoms with Crippen LogP contribution in [0.2, 0.25) is 0 Å². The topological polar surface area (TPSA) is 46.0 Å². The molecule has 0 atom stereocenters. The molecule has 1 aromatic carbocycles. The molecular weight excluding hydrogens is 251 g/mol. The molecule has 0 aliphatic carbocycles. The highest BCUT2D eigenvalue weighted by molar-refractivity contribution is 9.10. The van der Waals surface area contributed by atoms with Gasteiger partial charge in [0, 0.05) is 10.8 Å². The predicted octanol–water partition coefficient (Wildman–Crippen LogP) is 2.55. The Kier molecular flexibility index (Phi) is 2.11. The van der Waals surface area contributed by atoms with E-state index >= 15 is 0 Å². The lowest BCUT2D eigenvalue weighted by molar-refractivity contribution is 0.451. The molecule has 3 nitrogen and oxygen atoms in total. The van der Waals surface area contributed by atoms with Gasteiger partial charge in [-0.25, -0.2) is 4.39 Å². The van der Waals surface area contributed by atoms with Crippen LogP contribution in [0.5, 0.6) is 5.88 Å². The summed E-state index contributed by atoms with van der Waals surface area (Å²) in [6, 6.07) is 2.81. The lowest BCUT2D eigenvalue weighted by Gasteiger charge is -2.03. The molecule has 0 bridgehead atoms. The largest absolute Gasteiger partial charge is 0.492 e. The van der Waals surface area contributed by atoms with E-state index < -0.39 is 0 Å². The number of aromatic hydroxyl groups is 1. The molecule has 5 heteroatoms. The van der Waals surface area contributed by atoms with E-state index in [4.69, 9.17) is 0 Å². The Morgan fingerprint density at radius 2 is 2.00 bits per heavy atom. The molecular formula is C9H6BrFN2O. The highest BCUT2D eigenvalue weighted by Crippen LogP contribution is 2.28. The first-order chi connectivity index (χ1) is 6.59. The molecule has 2 aromatic rings. The Hall–Kier alpha value is -1.23. The van der Waals surface area contributed by atoms with Crippen LogP contribution >= 0.6 is 15.9 Å². The molecule has 0 aliphatic rings. The van der Waals surface area contributed by atoms with Gasteiger partial charge in [-0.15, -0.1) is 5.10 Å². The standard InChI is InChI=1S/C9H6BrFN2O/c1-4-5-3-8(11)7(10)2-6(5)9(14)13-12-4/h2-3H,1H3,(H,13,14). The van der Waals surface area contributed by atoms with E-state index in [-0.39, 0.29) is 11.7 Å². The fraction of sp³-hybridized carbons (Fsp3) is 0.111. The summed E-state index contributed by atoms with van der Waals surface area (Å²) in [6.07, 6.45) is 0. The summed E-state index contributed by atoms with van der Waals surface area (Å²) < 4.78 is 13.5. The van der Waals surface area contributed by atoms with Gasteiger partial charge in [-0.05, 0) is 35.0 Å². The molecule has 0 unspecified atom stereocenters. The van der Waals surface area contributed by atoms with E-state index in [0.717, 1.165) is 0 Å². The highest BCUT2D eigenvalue weighted by atomic mass is 79.9. The number of benzene rings is 1. The van der Waals surface area contributed by atoms with E-state index in [1.54, 1.807) is 6.92 Å². The van der Waals surface area contributed by atoms with Gasteiger partial charge in [0.2, 0.25) is 5.88 Å². The van der Waals surface area contributed by atoms with Crippen LogP contribution in [0.4, 0.5) is 4.39 Å². The molecule has 0 saturated heterocycles. The van der Waals surface area contributed by atoms with E-state index in [0.29, 0.717) is 20.9 Å². The third kappa shape index (κ3) is 1.33. The second kappa shape index (κ2) is 3.16. The molecule has 0 spiro atoms. The predicted molar refractivity (Wildman–Crippen MR) is 53.6 cm³/mol. The maximum absolute atomic E-state index is 13.2. The Bertz CT molecular complexity index is 469. The number of nitrogens with zero attached hydrogens (tertiary/aromatic N) is 2. The summed E-state index contributed by atoms with van der Waals surface area (Å²) in [6.45, 7) is 1.71. The second-order valence-electron chi connectivity index (χ2n) is 2.92. The molecule has 14 heavy (non-hydrogen) atoms. The number of aryl methyl sites for hydroxylation is 1. The number of hydrogen-bond acceptors (Lipinski definition) is 3. The molecule has 1 N–H and O–H groups in total. The minimum absolute atomic E-state index is 0.189. The normalized spacial score (nSPS) is 10.8. The number of hydrogen-bond donors (Lipinski definition) is 1. The van der Waals surface area contributed by atoms with E-state index in [2.05, 4.69) is 26.1 Å². The van der Waals surface area contributed by atoms with E-state index in [1.807, 2.05) is 0 Å². The fourth-order valence-corrected chi connectivity index (χ4v) is 1.60. The first kappa shape index (κ1) is 9.33. The lowest BCUT2D eigenvalue weighted by Crippen LogP contribution is -1.91. The molecule has 0 radical (unpaired) electrons. The molecule has 72 valence electrons. The summed E-state index contributed by atoms with van der Waals surface area (Å²) in [5, 5.41) is 17.7. The van der Waals surface area contributed by atoms with Crippen LogP contribution < -0.4 is 0 Å². The Labute approximate surface area is 87.7 Å². The van der Waals surface area contributed by atoms with Crippen molar-refractivity contribution in [2.75, 3.05) is 0 Å². The van der Waals surface area contributed by atoms with Crippen LogP contribution in [0.25, 0.3) is 10.8 Å². The Morgan fingerprint density at radius 1 is 1.29 bits per heavy atom. The van der Waals surface area contributed by atoms with Gasteiger partial charge in [-0.3, -0.25) is 0 Å². The minimum Gasteiger partial charge on any atom is -0.492 e. The van der Waals surface area contributed by atoms with E-state index in [1.165, 1.54) is 12.1 Å². The van der Waals surface area contributed by atoms with Crippen molar-refractivity contribution in [3.8, 4) is 5.88 Å². The Balaban J connectivity index is 2.94. The van der Waals surface area contributed by atoms with Crippen LogP contribution in [0.1, 0.15) is 5.69 Å². The second-order valence-corrected chi connectivity index (χ2v) is 3.78. The molecule has 0 saturated carbocycles. The summed E-state index contributed by atoms with van der Waals surface area (Å²) in [4.78, 5) is 0. The first-order valence-electron chi connectivity index (χ1n) is 3.90. The van der Waals surface area contributed by atoms with Gasteiger partial charge in [-0.1, -0.05) is 0 Å².